The Bertz CT molecular complexity index is 520. The van der Waals surface area contributed by atoms with Gasteiger partial charge in [0.1, 0.15) is 5.82 Å². The maximum Gasteiger partial charge on any atom is 0.204 e. The van der Waals surface area contributed by atoms with Crippen molar-refractivity contribution < 1.29 is 12.8 Å². The minimum Gasteiger partial charge on any atom is -0.326 e. The Morgan fingerprint density at radius 1 is 1.36 bits per heavy atom. The van der Waals surface area contributed by atoms with Crippen LogP contribution in [0.4, 0.5) is 4.39 Å². The summed E-state index contributed by atoms with van der Waals surface area (Å²) >= 11 is 0. The van der Waals surface area contributed by atoms with E-state index in [-0.39, 0.29) is 16.3 Å². The van der Waals surface area contributed by atoms with Crippen LogP contribution in [0.25, 0.3) is 6.08 Å². The van der Waals surface area contributed by atoms with Gasteiger partial charge < -0.3 is 5.73 Å². The lowest BCUT2D eigenvalue weighted by molar-refractivity contribution is 0.597. The van der Waals surface area contributed by atoms with Crippen molar-refractivity contribution in [3.63, 3.8) is 0 Å². The standard InChI is InChI=1S/C9H8FNO2S/c10-7-2-1-6-3-8(5-11)14(12,13)9(6)4-7/h1-4H,5,11H2. The zero-order valence-electron chi connectivity index (χ0n) is 7.20. The summed E-state index contributed by atoms with van der Waals surface area (Å²) in [6.07, 6.45) is 1.48. The Morgan fingerprint density at radius 3 is 2.71 bits per heavy atom. The highest BCUT2D eigenvalue weighted by Crippen LogP contribution is 2.32. The average Bonchev–Trinajstić information content (AvgIpc) is 2.38. The van der Waals surface area contributed by atoms with Crippen LogP contribution in [0.5, 0.6) is 0 Å². The third-order valence-corrected chi connectivity index (χ3v) is 4.04. The molecule has 1 aliphatic heterocycles. The number of nitrogens with two attached hydrogens (primary N) is 1. The highest BCUT2D eigenvalue weighted by molar-refractivity contribution is 7.95. The molecule has 1 aliphatic rings. The second-order valence-corrected chi connectivity index (χ2v) is 4.97. The first kappa shape index (κ1) is 9.36. The van der Waals surface area contributed by atoms with Crippen molar-refractivity contribution in [3.05, 3.63) is 34.5 Å². The molecule has 0 radical (unpaired) electrons. The van der Waals surface area contributed by atoms with Gasteiger partial charge in [-0.3, -0.25) is 0 Å². The molecular formula is C9H8FNO2S. The molecule has 1 heterocycles. The summed E-state index contributed by atoms with van der Waals surface area (Å²) in [7, 11) is -3.52. The Hall–Kier alpha value is -1.20. The molecular weight excluding hydrogens is 205 g/mol. The van der Waals surface area contributed by atoms with Crippen LogP contribution in [-0.2, 0) is 9.84 Å². The van der Waals surface area contributed by atoms with Crippen LogP contribution in [0, 0.1) is 5.82 Å². The Labute approximate surface area is 81.0 Å². The zero-order chi connectivity index (χ0) is 10.3. The summed E-state index contributed by atoms with van der Waals surface area (Å²) in [5.74, 6) is -0.556. The van der Waals surface area contributed by atoms with Crippen LogP contribution in [0.3, 0.4) is 0 Å². The smallest absolute Gasteiger partial charge is 0.204 e. The minimum absolute atomic E-state index is 0.0120. The number of sulfone groups is 1. The van der Waals surface area contributed by atoms with Gasteiger partial charge in [0, 0.05) is 6.54 Å². The van der Waals surface area contributed by atoms with Crippen molar-refractivity contribution in [1.29, 1.82) is 0 Å². The van der Waals surface area contributed by atoms with Crippen LogP contribution in [0.1, 0.15) is 5.56 Å². The van der Waals surface area contributed by atoms with Gasteiger partial charge in [0.15, 0.2) is 0 Å². The molecule has 0 fully saturated rings. The molecule has 0 saturated heterocycles. The fourth-order valence-electron chi connectivity index (χ4n) is 1.42. The van der Waals surface area contributed by atoms with Gasteiger partial charge in [0.25, 0.3) is 0 Å². The first-order valence-corrected chi connectivity index (χ1v) is 5.49. The van der Waals surface area contributed by atoms with Crippen molar-refractivity contribution in [2.24, 2.45) is 5.73 Å². The van der Waals surface area contributed by atoms with Gasteiger partial charge in [-0.15, -0.1) is 0 Å². The number of benzene rings is 1. The number of fused-ring (bicyclic) bond motifs is 1. The van der Waals surface area contributed by atoms with Crippen LogP contribution in [0.15, 0.2) is 28.0 Å². The van der Waals surface area contributed by atoms with E-state index < -0.39 is 15.7 Å². The second-order valence-electron chi connectivity index (χ2n) is 3.00. The van der Waals surface area contributed by atoms with E-state index in [4.69, 9.17) is 5.73 Å². The van der Waals surface area contributed by atoms with Crippen molar-refractivity contribution in [3.8, 4) is 0 Å². The molecule has 1 aromatic carbocycles. The first-order chi connectivity index (χ1) is 6.55. The molecule has 0 aromatic heterocycles. The van der Waals surface area contributed by atoms with Gasteiger partial charge in [-0.25, -0.2) is 12.8 Å². The SMILES string of the molecule is NCC1=Cc2ccc(F)cc2S1(=O)=O. The molecule has 2 rings (SSSR count). The van der Waals surface area contributed by atoms with Gasteiger partial charge in [-0.05, 0) is 23.8 Å². The van der Waals surface area contributed by atoms with E-state index in [0.29, 0.717) is 5.56 Å². The van der Waals surface area contributed by atoms with Crippen LogP contribution < -0.4 is 5.73 Å². The van der Waals surface area contributed by atoms with Crippen molar-refractivity contribution >= 4 is 15.9 Å². The van der Waals surface area contributed by atoms with Gasteiger partial charge >= 0.3 is 0 Å². The quantitative estimate of drug-likeness (QED) is 0.754. The second kappa shape index (κ2) is 2.90. The molecule has 0 unspecified atom stereocenters. The molecule has 1 aromatic rings. The monoisotopic (exact) mass is 213 g/mol. The van der Waals surface area contributed by atoms with Gasteiger partial charge in [-0.2, -0.15) is 0 Å². The van der Waals surface area contributed by atoms with E-state index in [1.165, 1.54) is 18.2 Å². The number of halogens is 1. The summed E-state index contributed by atoms with van der Waals surface area (Å²) in [6, 6.07) is 3.68. The van der Waals surface area contributed by atoms with Crippen LogP contribution in [-0.4, -0.2) is 15.0 Å². The lowest BCUT2D eigenvalue weighted by Crippen LogP contribution is -2.10. The predicted octanol–water partition coefficient (Wildman–Crippen LogP) is 0.913. The minimum atomic E-state index is -3.52. The normalized spacial score (nSPS) is 17.7. The number of hydrogen-bond donors (Lipinski definition) is 1. The van der Waals surface area contributed by atoms with E-state index in [0.717, 1.165) is 6.07 Å². The molecule has 0 saturated carbocycles. The molecule has 5 heteroatoms. The predicted molar refractivity (Wildman–Crippen MR) is 50.6 cm³/mol. The maximum atomic E-state index is 12.8. The van der Waals surface area contributed by atoms with Crippen molar-refractivity contribution in [1.82, 2.24) is 0 Å². The molecule has 0 spiro atoms. The summed E-state index contributed by atoms with van der Waals surface area (Å²) in [4.78, 5) is 0.149. The average molecular weight is 213 g/mol. The molecule has 0 amide bonds. The van der Waals surface area contributed by atoms with Crippen molar-refractivity contribution in [2.75, 3.05) is 6.54 Å². The fraction of sp³-hybridized carbons (Fsp3) is 0.111. The topological polar surface area (TPSA) is 60.2 Å². The molecule has 0 atom stereocenters. The van der Waals surface area contributed by atoms with Crippen LogP contribution in [0.2, 0.25) is 0 Å². The third-order valence-electron chi connectivity index (χ3n) is 2.13. The Kier molecular flexibility index (Phi) is 1.94. The summed E-state index contributed by atoms with van der Waals surface area (Å²) < 4.78 is 36.1. The van der Waals surface area contributed by atoms with E-state index in [1.807, 2.05) is 0 Å². The van der Waals surface area contributed by atoms with Gasteiger partial charge in [0.05, 0.1) is 9.80 Å². The van der Waals surface area contributed by atoms with Gasteiger partial charge in [-0.1, -0.05) is 6.07 Å². The summed E-state index contributed by atoms with van der Waals surface area (Å²) in [5.41, 5.74) is 5.79. The van der Waals surface area contributed by atoms with Crippen molar-refractivity contribution in [2.45, 2.75) is 4.90 Å². The number of hydrogen-bond acceptors (Lipinski definition) is 3. The molecule has 14 heavy (non-hydrogen) atoms. The highest BCUT2D eigenvalue weighted by Gasteiger charge is 2.28. The largest absolute Gasteiger partial charge is 0.326 e. The molecule has 0 bridgehead atoms. The maximum absolute atomic E-state index is 12.8. The van der Waals surface area contributed by atoms with Gasteiger partial charge in [0.2, 0.25) is 9.84 Å². The molecule has 0 aliphatic carbocycles. The van der Waals surface area contributed by atoms with E-state index in [1.54, 1.807) is 0 Å². The summed E-state index contributed by atoms with van der Waals surface area (Å²) in [5, 5.41) is 0. The molecule has 3 nitrogen and oxygen atoms in total. The first-order valence-electron chi connectivity index (χ1n) is 4.01. The lowest BCUT2D eigenvalue weighted by Gasteiger charge is -2.00. The zero-order valence-corrected chi connectivity index (χ0v) is 8.01. The fourth-order valence-corrected chi connectivity index (χ4v) is 2.91. The summed E-state index contributed by atoms with van der Waals surface area (Å²) in [6.45, 7) is -0.0569. The molecule has 2 N–H and O–H groups in total. The Morgan fingerprint density at radius 2 is 2.07 bits per heavy atom. The van der Waals surface area contributed by atoms with E-state index in [9.17, 15) is 12.8 Å². The Balaban J connectivity index is 2.71. The van der Waals surface area contributed by atoms with Crippen LogP contribution >= 0.6 is 0 Å². The number of rotatable bonds is 1. The lowest BCUT2D eigenvalue weighted by atomic mass is 10.2. The highest BCUT2D eigenvalue weighted by atomic mass is 32.2. The van der Waals surface area contributed by atoms with E-state index in [2.05, 4.69) is 0 Å². The van der Waals surface area contributed by atoms with E-state index >= 15 is 0 Å². The third kappa shape index (κ3) is 1.17. The molecule has 74 valence electrons.